The van der Waals surface area contributed by atoms with Crippen LogP contribution in [0.25, 0.3) is 16.7 Å². The van der Waals surface area contributed by atoms with Gasteiger partial charge in [0.1, 0.15) is 11.9 Å². The van der Waals surface area contributed by atoms with Crippen molar-refractivity contribution in [2.24, 2.45) is 0 Å². The summed E-state index contributed by atoms with van der Waals surface area (Å²) in [7, 11) is 1.58. The first-order chi connectivity index (χ1) is 13.7. The van der Waals surface area contributed by atoms with E-state index in [-0.39, 0.29) is 17.4 Å². The highest BCUT2D eigenvalue weighted by molar-refractivity contribution is 5.92. The van der Waals surface area contributed by atoms with E-state index in [2.05, 4.69) is 64.2 Å². The van der Waals surface area contributed by atoms with Crippen LogP contribution in [0.4, 0.5) is 5.69 Å². The molecule has 4 nitrogen and oxygen atoms in total. The van der Waals surface area contributed by atoms with Gasteiger partial charge in [-0.25, -0.2) is 0 Å². The van der Waals surface area contributed by atoms with Crippen LogP contribution in [0.15, 0.2) is 42.0 Å². The Hall–Kier alpha value is -2.88. The highest BCUT2D eigenvalue weighted by Gasteiger charge is 2.35. The summed E-state index contributed by atoms with van der Waals surface area (Å²) in [5, 5.41) is 14.0. The van der Waals surface area contributed by atoms with Crippen LogP contribution in [0.1, 0.15) is 58.3 Å². The zero-order valence-electron chi connectivity index (χ0n) is 18.0. The lowest BCUT2D eigenvalue weighted by molar-refractivity contribution is 0.203. The maximum atomic E-state index is 10.4. The van der Waals surface area contributed by atoms with Crippen molar-refractivity contribution in [1.29, 1.82) is 0 Å². The number of ether oxygens (including phenoxy) is 2. The second-order valence-electron chi connectivity index (χ2n) is 8.74. The summed E-state index contributed by atoms with van der Waals surface area (Å²) >= 11 is 0. The maximum absolute atomic E-state index is 10.4. The summed E-state index contributed by atoms with van der Waals surface area (Å²) in [4.78, 5) is 0. The summed E-state index contributed by atoms with van der Waals surface area (Å²) in [5.41, 5.74) is 7.70. The number of phenolic OH excluding ortho intramolecular Hbond substituents is 1. The van der Waals surface area contributed by atoms with Crippen molar-refractivity contribution in [1.82, 2.24) is 0 Å². The fraction of sp³-hybridized carbons (Fsp3) is 0.360. The Kier molecular flexibility index (Phi) is 4.60. The van der Waals surface area contributed by atoms with Gasteiger partial charge in [0.2, 0.25) is 0 Å². The van der Waals surface area contributed by atoms with E-state index in [1.807, 2.05) is 6.07 Å². The van der Waals surface area contributed by atoms with E-state index in [0.29, 0.717) is 5.75 Å². The van der Waals surface area contributed by atoms with Crippen molar-refractivity contribution in [2.75, 3.05) is 12.4 Å². The van der Waals surface area contributed by atoms with Crippen LogP contribution >= 0.6 is 0 Å². The monoisotopic (exact) mass is 391 g/mol. The smallest absolute Gasteiger partial charge is 0.172 e. The predicted molar refractivity (Wildman–Crippen MR) is 119 cm³/mol. The van der Waals surface area contributed by atoms with Crippen LogP contribution in [0, 0.1) is 0 Å². The van der Waals surface area contributed by atoms with Gasteiger partial charge >= 0.3 is 0 Å². The molecule has 0 bridgehead atoms. The van der Waals surface area contributed by atoms with Crippen LogP contribution < -0.4 is 14.8 Å². The Bertz CT molecular complexity index is 1040. The number of allylic oxidation sites excluding steroid dienone is 2. The number of methoxy groups -OCH3 is 1. The van der Waals surface area contributed by atoms with Gasteiger partial charge < -0.3 is 19.9 Å². The van der Waals surface area contributed by atoms with Crippen molar-refractivity contribution in [3.63, 3.8) is 0 Å². The third-order valence-electron chi connectivity index (χ3n) is 5.58. The zero-order valence-corrected chi connectivity index (χ0v) is 18.0. The molecule has 152 valence electrons. The molecule has 0 aromatic heterocycles. The van der Waals surface area contributed by atoms with Gasteiger partial charge in [-0.15, -0.1) is 0 Å². The lowest BCUT2D eigenvalue weighted by Gasteiger charge is -2.37. The van der Waals surface area contributed by atoms with Crippen molar-refractivity contribution in [3.8, 4) is 28.4 Å². The number of aromatic hydroxyl groups is 1. The van der Waals surface area contributed by atoms with Gasteiger partial charge in [0.25, 0.3) is 0 Å². The average molecular weight is 392 g/mol. The van der Waals surface area contributed by atoms with Crippen LogP contribution in [0.5, 0.6) is 17.2 Å². The molecule has 2 aromatic rings. The predicted octanol–water partition coefficient (Wildman–Crippen LogP) is 6.47. The van der Waals surface area contributed by atoms with Crippen LogP contribution in [0.3, 0.4) is 0 Å². The third-order valence-corrected chi connectivity index (χ3v) is 5.58. The highest BCUT2D eigenvalue weighted by atomic mass is 16.5. The zero-order chi connectivity index (χ0) is 20.9. The summed E-state index contributed by atoms with van der Waals surface area (Å²) < 4.78 is 12.0. The second kappa shape index (κ2) is 6.87. The number of benzene rings is 2. The molecule has 2 N–H and O–H groups in total. The number of anilines is 1. The Labute approximate surface area is 172 Å². The molecule has 29 heavy (non-hydrogen) atoms. The van der Waals surface area contributed by atoms with E-state index in [4.69, 9.17) is 9.47 Å². The molecular weight excluding hydrogens is 362 g/mol. The maximum Gasteiger partial charge on any atom is 0.172 e. The fourth-order valence-electron chi connectivity index (χ4n) is 4.53. The molecule has 0 fully saturated rings. The molecule has 0 radical (unpaired) electrons. The number of rotatable bonds is 3. The Morgan fingerprint density at radius 1 is 1.21 bits per heavy atom. The molecule has 4 rings (SSSR count). The van der Waals surface area contributed by atoms with Gasteiger partial charge in [0, 0.05) is 23.2 Å². The number of hydrogen-bond acceptors (Lipinski definition) is 4. The van der Waals surface area contributed by atoms with E-state index in [0.717, 1.165) is 34.5 Å². The SMILES string of the molecule is COc1c(O)ccc2c1-c1ccc3c(c1C(CC=C(C)C)O2)C(C)=CC(C)(C)N3. The van der Waals surface area contributed by atoms with E-state index >= 15 is 0 Å². The number of fused-ring (bicyclic) bond motifs is 5. The lowest BCUT2D eigenvalue weighted by Crippen LogP contribution is -2.32. The summed E-state index contributed by atoms with van der Waals surface area (Å²) in [6.07, 6.45) is 5.16. The Morgan fingerprint density at radius 3 is 2.66 bits per heavy atom. The largest absolute Gasteiger partial charge is 0.504 e. The summed E-state index contributed by atoms with van der Waals surface area (Å²) in [5.74, 6) is 1.31. The van der Waals surface area contributed by atoms with Gasteiger partial charge in [-0.05, 0) is 64.0 Å². The quantitative estimate of drug-likeness (QED) is 0.589. The van der Waals surface area contributed by atoms with Gasteiger partial charge in [-0.3, -0.25) is 0 Å². The lowest BCUT2D eigenvalue weighted by atomic mass is 9.81. The van der Waals surface area contributed by atoms with E-state index in [9.17, 15) is 5.11 Å². The van der Waals surface area contributed by atoms with Gasteiger partial charge in [0.15, 0.2) is 11.5 Å². The molecule has 1 unspecified atom stereocenters. The van der Waals surface area contributed by atoms with E-state index in [1.54, 1.807) is 13.2 Å². The number of hydrogen-bond donors (Lipinski definition) is 2. The standard InChI is InChI=1S/C25H29NO3/c1-14(2)7-11-19-22-16(23-20(29-19)12-10-18(27)24(23)28-6)8-9-17-21(22)15(3)13-25(4,5)26-17/h7-10,12-13,19,26-27H,11H2,1-6H3. The summed E-state index contributed by atoms with van der Waals surface area (Å²) in [6, 6.07) is 7.71. The molecule has 2 heterocycles. The number of phenols is 1. The molecule has 0 saturated heterocycles. The third kappa shape index (κ3) is 3.27. The normalized spacial score (nSPS) is 18.3. The van der Waals surface area contributed by atoms with Gasteiger partial charge in [-0.1, -0.05) is 23.8 Å². The molecule has 0 spiro atoms. The topological polar surface area (TPSA) is 50.7 Å². The molecule has 0 aliphatic carbocycles. The second-order valence-corrected chi connectivity index (χ2v) is 8.74. The first-order valence-corrected chi connectivity index (χ1v) is 10.1. The van der Waals surface area contributed by atoms with Crippen LogP contribution in [-0.2, 0) is 0 Å². The van der Waals surface area contributed by atoms with Crippen molar-refractivity contribution < 1.29 is 14.6 Å². The van der Waals surface area contributed by atoms with Crippen LogP contribution in [0.2, 0.25) is 0 Å². The minimum Gasteiger partial charge on any atom is -0.504 e. The van der Waals surface area contributed by atoms with Gasteiger partial charge in [-0.2, -0.15) is 0 Å². The Morgan fingerprint density at radius 2 is 1.97 bits per heavy atom. The Balaban J connectivity index is 2.01. The first-order valence-electron chi connectivity index (χ1n) is 10.1. The molecule has 4 heteroatoms. The highest BCUT2D eigenvalue weighted by Crippen LogP contribution is 2.54. The first kappa shape index (κ1) is 19.4. The molecule has 2 aliphatic heterocycles. The molecule has 0 amide bonds. The van der Waals surface area contributed by atoms with Crippen LogP contribution in [-0.4, -0.2) is 17.8 Å². The molecule has 0 saturated carbocycles. The van der Waals surface area contributed by atoms with Gasteiger partial charge in [0.05, 0.1) is 18.2 Å². The molecule has 1 atom stereocenters. The molecule has 2 aromatic carbocycles. The average Bonchev–Trinajstić information content (AvgIpc) is 2.64. The van der Waals surface area contributed by atoms with E-state index in [1.165, 1.54) is 16.7 Å². The van der Waals surface area contributed by atoms with E-state index < -0.39 is 0 Å². The summed E-state index contributed by atoms with van der Waals surface area (Å²) in [6.45, 7) is 10.7. The molecule has 2 aliphatic rings. The van der Waals surface area contributed by atoms with Crippen molar-refractivity contribution in [3.05, 3.63) is 53.1 Å². The van der Waals surface area contributed by atoms with Crippen molar-refractivity contribution in [2.45, 2.75) is 52.7 Å². The molecular formula is C25H29NO3. The van der Waals surface area contributed by atoms with Crippen molar-refractivity contribution >= 4 is 11.3 Å². The minimum atomic E-state index is -0.108. The number of nitrogens with one attached hydrogen (secondary N) is 1. The minimum absolute atomic E-state index is 0.107. The fourth-order valence-corrected chi connectivity index (χ4v) is 4.53.